The standard InChI is InChI=1S/C18H13ClO2/c1-11-12(7-4-8-13(11)18(20)21)15-9-10-17(19)16-6-3-2-5-14(15)16/h2-10H,1H3,(H,20,21). The zero-order valence-electron chi connectivity index (χ0n) is 11.4. The van der Waals surface area contributed by atoms with Crippen LogP contribution in [0.1, 0.15) is 15.9 Å². The van der Waals surface area contributed by atoms with E-state index in [1.807, 2.05) is 49.4 Å². The number of rotatable bonds is 2. The third-order valence-corrected chi connectivity index (χ3v) is 4.05. The Labute approximate surface area is 127 Å². The summed E-state index contributed by atoms with van der Waals surface area (Å²) >= 11 is 6.24. The van der Waals surface area contributed by atoms with E-state index in [0.29, 0.717) is 10.6 Å². The zero-order chi connectivity index (χ0) is 15.0. The van der Waals surface area contributed by atoms with Crippen molar-refractivity contribution in [3.8, 4) is 11.1 Å². The molecule has 0 aliphatic heterocycles. The van der Waals surface area contributed by atoms with Crippen LogP contribution in [-0.4, -0.2) is 11.1 Å². The van der Waals surface area contributed by atoms with E-state index >= 15 is 0 Å². The van der Waals surface area contributed by atoms with E-state index in [1.165, 1.54) is 0 Å². The lowest BCUT2D eigenvalue weighted by Crippen LogP contribution is -2.00. The summed E-state index contributed by atoms with van der Waals surface area (Å²) in [7, 11) is 0. The first-order valence-corrected chi connectivity index (χ1v) is 6.98. The van der Waals surface area contributed by atoms with Crippen molar-refractivity contribution < 1.29 is 9.90 Å². The van der Waals surface area contributed by atoms with E-state index in [-0.39, 0.29) is 0 Å². The van der Waals surface area contributed by atoms with Gasteiger partial charge in [-0.25, -0.2) is 4.79 Å². The molecular formula is C18H13ClO2. The topological polar surface area (TPSA) is 37.3 Å². The third kappa shape index (κ3) is 2.28. The van der Waals surface area contributed by atoms with Crippen LogP contribution in [0.5, 0.6) is 0 Å². The first-order valence-electron chi connectivity index (χ1n) is 6.60. The molecule has 3 aromatic carbocycles. The van der Waals surface area contributed by atoms with Crippen molar-refractivity contribution in [2.24, 2.45) is 0 Å². The van der Waals surface area contributed by atoms with Crippen LogP contribution in [0.2, 0.25) is 5.02 Å². The van der Waals surface area contributed by atoms with Gasteiger partial charge in [0.1, 0.15) is 0 Å². The number of fused-ring (bicyclic) bond motifs is 1. The Hall–Kier alpha value is -2.32. The van der Waals surface area contributed by atoms with Gasteiger partial charge < -0.3 is 5.11 Å². The van der Waals surface area contributed by atoms with Crippen molar-refractivity contribution in [2.75, 3.05) is 0 Å². The van der Waals surface area contributed by atoms with Gasteiger partial charge in [-0.2, -0.15) is 0 Å². The normalized spacial score (nSPS) is 10.8. The molecule has 0 heterocycles. The van der Waals surface area contributed by atoms with Crippen LogP contribution < -0.4 is 0 Å². The summed E-state index contributed by atoms with van der Waals surface area (Å²) in [5, 5.41) is 12.0. The molecular weight excluding hydrogens is 284 g/mol. The zero-order valence-corrected chi connectivity index (χ0v) is 12.2. The van der Waals surface area contributed by atoms with E-state index < -0.39 is 5.97 Å². The van der Waals surface area contributed by atoms with Crippen LogP contribution in [0.25, 0.3) is 21.9 Å². The molecule has 0 aromatic heterocycles. The Morgan fingerprint density at radius 2 is 1.62 bits per heavy atom. The monoisotopic (exact) mass is 296 g/mol. The highest BCUT2D eigenvalue weighted by Gasteiger charge is 2.13. The summed E-state index contributed by atoms with van der Waals surface area (Å²) in [6.07, 6.45) is 0. The Balaban J connectivity index is 2.34. The van der Waals surface area contributed by atoms with Gasteiger partial charge in [-0.15, -0.1) is 0 Å². The minimum atomic E-state index is -0.910. The maximum atomic E-state index is 11.3. The second-order valence-corrected chi connectivity index (χ2v) is 5.33. The van der Waals surface area contributed by atoms with Crippen molar-refractivity contribution in [1.29, 1.82) is 0 Å². The minimum Gasteiger partial charge on any atom is -0.478 e. The van der Waals surface area contributed by atoms with Gasteiger partial charge in [0.05, 0.1) is 5.56 Å². The summed E-state index contributed by atoms with van der Waals surface area (Å²) < 4.78 is 0. The fourth-order valence-corrected chi connectivity index (χ4v) is 2.88. The van der Waals surface area contributed by atoms with Gasteiger partial charge in [0, 0.05) is 10.4 Å². The van der Waals surface area contributed by atoms with Crippen molar-refractivity contribution >= 4 is 28.3 Å². The summed E-state index contributed by atoms with van der Waals surface area (Å²) in [5.74, 6) is -0.910. The number of carbonyl (C=O) groups is 1. The molecule has 0 aliphatic rings. The van der Waals surface area contributed by atoms with Gasteiger partial charge in [-0.05, 0) is 41.1 Å². The summed E-state index contributed by atoms with van der Waals surface area (Å²) in [4.78, 5) is 11.3. The molecule has 3 aromatic rings. The Morgan fingerprint density at radius 1 is 0.905 bits per heavy atom. The fourth-order valence-electron chi connectivity index (χ4n) is 2.66. The number of carboxylic acid groups (broad SMARTS) is 1. The molecule has 0 amide bonds. The lowest BCUT2D eigenvalue weighted by atomic mass is 9.93. The predicted molar refractivity (Wildman–Crippen MR) is 86.1 cm³/mol. The van der Waals surface area contributed by atoms with Crippen LogP contribution in [0.15, 0.2) is 54.6 Å². The maximum absolute atomic E-state index is 11.3. The van der Waals surface area contributed by atoms with Gasteiger partial charge in [-0.1, -0.05) is 54.1 Å². The lowest BCUT2D eigenvalue weighted by molar-refractivity contribution is 0.0696. The van der Waals surface area contributed by atoms with E-state index in [1.54, 1.807) is 12.1 Å². The lowest BCUT2D eigenvalue weighted by Gasteiger charge is -2.12. The summed E-state index contributed by atoms with van der Waals surface area (Å²) in [5.41, 5.74) is 3.00. The molecule has 0 saturated heterocycles. The molecule has 3 rings (SSSR count). The van der Waals surface area contributed by atoms with Crippen molar-refractivity contribution in [1.82, 2.24) is 0 Å². The molecule has 0 atom stereocenters. The van der Waals surface area contributed by atoms with Crippen LogP contribution in [0.4, 0.5) is 0 Å². The second kappa shape index (κ2) is 5.23. The molecule has 21 heavy (non-hydrogen) atoms. The van der Waals surface area contributed by atoms with Crippen molar-refractivity contribution in [3.63, 3.8) is 0 Å². The predicted octanol–water partition coefficient (Wildman–Crippen LogP) is 5.17. The first kappa shape index (κ1) is 13.7. The number of hydrogen-bond donors (Lipinski definition) is 1. The Bertz CT molecular complexity index is 853. The average Bonchev–Trinajstić information content (AvgIpc) is 2.48. The van der Waals surface area contributed by atoms with Crippen LogP contribution in [-0.2, 0) is 0 Å². The number of benzene rings is 3. The smallest absolute Gasteiger partial charge is 0.335 e. The molecule has 3 heteroatoms. The summed E-state index contributed by atoms with van der Waals surface area (Å²) in [6, 6.07) is 17.0. The van der Waals surface area contributed by atoms with E-state index in [9.17, 15) is 9.90 Å². The summed E-state index contributed by atoms with van der Waals surface area (Å²) in [6.45, 7) is 1.84. The fraction of sp³-hybridized carbons (Fsp3) is 0.0556. The largest absolute Gasteiger partial charge is 0.478 e. The molecule has 0 saturated carbocycles. The van der Waals surface area contributed by atoms with Gasteiger partial charge in [0.25, 0.3) is 0 Å². The third-order valence-electron chi connectivity index (χ3n) is 3.73. The van der Waals surface area contributed by atoms with Crippen LogP contribution in [0.3, 0.4) is 0 Å². The van der Waals surface area contributed by atoms with Crippen LogP contribution in [0, 0.1) is 6.92 Å². The highest BCUT2D eigenvalue weighted by atomic mass is 35.5. The average molecular weight is 297 g/mol. The number of carboxylic acids is 1. The van der Waals surface area contributed by atoms with Gasteiger partial charge in [0.15, 0.2) is 0 Å². The van der Waals surface area contributed by atoms with E-state index in [2.05, 4.69) is 0 Å². The molecule has 1 N–H and O–H groups in total. The maximum Gasteiger partial charge on any atom is 0.335 e. The van der Waals surface area contributed by atoms with E-state index in [4.69, 9.17) is 11.6 Å². The molecule has 104 valence electrons. The molecule has 0 radical (unpaired) electrons. The van der Waals surface area contributed by atoms with E-state index in [0.717, 1.165) is 27.5 Å². The number of aromatic carboxylic acids is 1. The Kier molecular flexibility index (Phi) is 3.40. The Morgan fingerprint density at radius 3 is 2.33 bits per heavy atom. The molecule has 0 unspecified atom stereocenters. The molecule has 0 bridgehead atoms. The SMILES string of the molecule is Cc1c(C(=O)O)cccc1-c1ccc(Cl)c2ccccc12. The molecule has 2 nitrogen and oxygen atoms in total. The first-order chi connectivity index (χ1) is 10.1. The second-order valence-electron chi connectivity index (χ2n) is 4.92. The number of halogens is 1. The highest BCUT2D eigenvalue weighted by molar-refractivity contribution is 6.36. The molecule has 0 spiro atoms. The van der Waals surface area contributed by atoms with Gasteiger partial charge in [-0.3, -0.25) is 0 Å². The number of hydrogen-bond acceptors (Lipinski definition) is 1. The van der Waals surface area contributed by atoms with Crippen molar-refractivity contribution in [2.45, 2.75) is 6.92 Å². The molecule has 0 fully saturated rings. The van der Waals surface area contributed by atoms with Gasteiger partial charge >= 0.3 is 5.97 Å². The molecule has 0 aliphatic carbocycles. The minimum absolute atomic E-state index is 0.325. The van der Waals surface area contributed by atoms with Crippen molar-refractivity contribution in [3.05, 3.63) is 70.7 Å². The highest BCUT2D eigenvalue weighted by Crippen LogP contribution is 2.35. The van der Waals surface area contributed by atoms with Crippen LogP contribution >= 0.6 is 11.6 Å². The quantitative estimate of drug-likeness (QED) is 0.708. The van der Waals surface area contributed by atoms with Gasteiger partial charge in [0.2, 0.25) is 0 Å².